The first-order valence-electron chi connectivity index (χ1n) is 13.1. The molecular formula is C28H29N3O12S. The molecule has 0 amide bonds. The number of benzene rings is 3. The van der Waals surface area contributed by atoms with E-state index in [2.05, 4.69) is 11.1 Å². The number of nitrogens with one attached hydrogen (secondary N) is 1. The monoisotopic (exact) mass is 631 g/mol. The summed E-state index contributed by atoms with van der Waals surface area (Å²) in [4.78, 5) is 34.7. The molecule has 2 aromatic heterocycles. The maximum absolute atomic E-state index is 11.9. The van der Waals surface area contributed by atoms with Crippen LogP contribution in [0.4, 0.5) is 0 Å². The Morgan fingerprint density at radius 3 is 2.39 bits per heavy atom. The standard InChI is InChI=1S/C24H23N3O6S.C4H6O6/c1-34(30,31)27-21-12-15(6-9-23(21)33-24(27)29)22(28)14-25-10-11-32-16-7-8-18-17-4-2-3-5-19(17)26-20(18)13-16;5-1(3(7)8)2(6)4(9)10/h2-9,12-13,22,25-26,28H,10-11,14H2,1H3;1-2,5-6H,(H,7,8)(H,9,10)/t;1-,2-/m.0/s1. The van der Waals surface area contributed by atoms with E-state index in [0.29, 0.717) is 29.2 Å². The van der Waals surface area contributed by atoms with Gasteiger partial charge in [-0.2, -0.15) is 3.97 Å². The number of H-pyrrole nitrogens is 1. The number of hydrogen-bond acceptors (Lipinski definition) is 11. The van der Waals surface area contributed by atoms with Gasteiger partial charge in [0.1, 0.15) is 43.2 Å². The van der Waals surface area contributed by atoms with E-state index in [1.807, 2.05) is 41.7 Å². The molecule has 0 saturated carbocycles. The number of fused-ring (bicyclic) bond motifs is 4. The molecule has 0 saturated heterocycles. The molecule has 3 atom stereocenters. The molecule has 0 fully saturated rings. The Kier molecular flexibility index (Phi) is 9.71. The van der Waals surface area contributed by atoms with E-state index in [0.717, 1.165) is 28.4 Å². The minimum absolute atomic E-state index is 0.111. The number of carbonyl (C=O) groups excluding carboxylic acids is 1. The lowest BCUT2D eigenvalue weighted by molar-refractivity contribution is -0.662. The van der Waals surface area contributed by atoms with E-state index >= 15 is 0 Å². The Balaban J connectivity index is 0.000000382. The number of oxazole rings is 1. The van der Waals surface area contributed by atoms with E-state index in [1.165, 1.54) is 17.5 Å². The summed E-state index contributed by atoms with van der Waals surface area (Å²) < 4.78 is 35.3. The molecule has 0 aliphatic carbocycles. The fraction of sp³-hybridized carbons (Fsp3) is 0.250. The van der Waals surface area contributed by atoms with Crippen LogP contribution in [0, 0.1) is 0 Å². The number of carboxylic acids is 2. The number of carboxylic acid groups (broad SMARTS) is 2. The van der Waals surface area contributed by atoms with Crippen LogP contribution in [-0.4, -0.2) is 87.9 Å². The molecule has 0 aliphatic heterocycles. The molecule has 2 heterocycles. The molecular weight excluding hydrogens is 602 g/mol. The molecule has 0 spiro atoms. The number of para-hydroxylation sites is 1. The summed E-state index contributed by atoms with van der Waals surface area (Å²) in [5.41, 5.74) is 2.85. The maximum atomic E-state index is 11.9. The number of rotatable bonds is 11. The number of aromatic nitrogens is 2. The molecule has 0 bridgehead atoms. The van der Waals surface area contributed by atoms with E-state index in [-0.39, 0.29) is 11.1 Å². The summed E-state index contributed by atoms with van der Waals surface area (Å²) in [5.74, 6) is -4.04. The zero-order valence-corrected chi connectivity index (χ0v) is 23.9. The second kappa shape index (κ2) is 13.3. The van der Waals surface area contributed by atoms with Gasteiger partial charge in [-0.15, -0.1) is 0 Å². The van der Waals surface area contributed by atoms with Gasteiger partial charge in [0.05, 0.1) is 17.7 Å². The van der Waals surface area contributed by atoms with Crippen LogP contribution in [0.15, 0.2) is 69.9 Å². The third-order valence-corrected chi connectivity index (χ3v) is 7.54. The number of aliphatic carboxylic acids is 2. The smallest absolute Gasteiger partial charge is 0.434 e. The molecule has 3 aromatic carbocycles. The van der Waals surface area contributed by atoms with Gasteiger partial charge in [-0.05, 0) is 35.9 Å². The van der Waals surface area contributed by atoms with E-state index < -0.39 is 46.0 Å². The molecule has 5 aromatic rings. The summed E-state index contributed by atoms with van der Waals surface area (Å²) in [6, 6.07) is 18.7. The van der Waals surface area contributed by atoms with Crippen LogP contribution in [-0.2, 0) is 19.6 Å². The van der Waals surface area contributed by atoms with Crippen molar-refractivity contribution in [3.05, 3.63) is 76.8 Å². The Hall–Kier alpha value is -4.74. The van der Waals surface area contributed by atoms with Gasteiger partial charge >= 0.3 is 11.7 Å². The van der Waals surface area contributed by atoms with Gasteiger partial charge in [-0.25, -0.2) is 18.0 Å². The second-order valence-electron chi connectivity index (χ2n) is 9.72. The lowest BCUT2D eigenvalue weighted by Gasteiger charge is -2.13. The van der Waals surface area contributed by atoms with Crippen molar-refractivity contribution in [1.82, 2.24) is 8.96 Å². The number of aliphatic hydroxyl groups excluding tert-OH is 3. The molecule has 44 heavy (non-hydrogen) atoms. The van der Waals surface area contributed by atoms with Gasteiger partial charge < -0.3 is 49.8 Å². The molecule has 0 radical (unpaired) electrons. The average Bonchev–Trinajstić information content (AvgIpc) is 3.52. The second-order valence-corrected chi connectivity index (χ2v) is 11.6. The third kappa shape index (κ3) is 7.24. The first-order valence-corrected chi connectivity index (χ1v) is 14.9. The Morgan fingerprint density at radius 1 is 1.02 bits per heavy atom. The van der Waals surface area contributed by atoms with Gasteiger partial charge in [0, 0.05) is 22.4 Å². The van der Waals surface area contributed by atoms with E-state index in [1.54, 1.807) is 6.07 Å². The molecule has 16 heteroatoms. The van der Waals surface area contributed by atoms with Crippen molar-refractivity contribution in [3.8, 4) is 5.75 Å². The molecule has 15 nitrogen and oxygen atoms in total. The minimum atomic E-state index is -3.83. The third-order valence-electron chi connectivity index (χ3n) is 6.53. The number of nitrogens with zero attached hydrogens (tertiary/aromatic N) is 1. The Bertz CT molecular complexity index is 1960. The summed E-state index contributed by atoms with van der Waals surface area (Å²) in [6.07, 6.45) is -4.64. The first kappa shape index (κ1) is 32.2. The fourth-order valence-corrected chi connectivity index (χ4v) is 5.20. The lowest BCUT2D eigenvalue weighted by Crippen LogP contribution is -2.86. The number of carbonyl (C=O) groups is 2. The summed E-state index contributed by atoms with van der Waals surface area (Å²) in [5, 5.41) is 48.9. The van der Waals surface area contributed by atoms with Crippen LogP contribution < -0.4 is 20.9 Å². The van der Waals surface area contributed by atoms with Crippen LogP contribution in [0.2, 0.25) is 0 Å². The van der Waals surface area contributed by atoms with Crippen molar-refractivity contribution < 1.29 is 58.0 Å². The van der Waals surface area contributed by atoms with Crippen LogP contribution in [0.3, 0.4) is 0 Å². The van der Waals surface area contributed by atoms with Crippen molar-refractivity contribution in [2.45, 2.75) is 18.3 Å². The molecule has 0 aliphatic rings. The van der Waals surface area contributed by atoms with Crippen LogP contribution in [0.1, 0.15) is 11.7 Å². The van der Waals surface area contributed by atoms with Crippen molar-refractivity contribution >= 4 is 54.9 Å². The maximum Gasteiger partial charge on any atom is 0.434 e. The number of ether oxygens (including phenoxy) is 1. The fourth-order valence-electron chi connectivity index (χ4n) is 4.39. The quantitative estimate of drug-likeness (QED) is 0.0889. The lowest BCUT2D eigenvalue weighted by atomic mass is 10.1. The topological polar surface area (TPSA) is 249 Å². The van der Waals surface area contributed by atoms with Crippen molar-refractivity contribution in [1.29, 1.82) is 0 Å². The van der Waals surface area contributed by atoms with Crippen molar-refractivity contribution in [3.63, 3.8) is 0 Å². The predicted molar refractivity (Wildman–Crippen MR) is 153 cm³/mol. The van der Waals surface area contributed by atoms with Gasteiger partial charge in [0.15, 0.2) is 11.7 Å². The predicted octanol–water partition coefficient (Wildman–Crippen LogP) is -1.74. The number of aliphatic hydroxyl groups is 3. The Labute approximate surface area is 248 Å². The van der Waals surface area contributed by atoms with Gasteiger partial charge in [0.2, 0.25) is 10.0 Å². The first-order chi connectivity index (χ1) is 20.8. The van der Waals surface area contributed by atoms with Crippen LogP contribution in [0.25, 0.3) is 32.9 Å². The SMILES string of the molecule is CS(=O)(=O)n1c(=O)oc2ccc(C(O)C[NH2+]CCOc3ccc4c(c3)[nH]c3ccccc34)cc21.O=C([O-])[C@@H](O)[C@H](O)C(=O)O. The summed E-state index contributed by atoms with van der Waals surface area (Å²) in [6.45, 7) is 1.41. The highest BCUT2D eigenvalue weighted by atomic mass is 32.2. The largest absolute Gasteiger partial charge is 0.547 e. The van der Waals surface area contributed by atoms with Gasteiger partial charge in [-0.3, -0.25) is 0 Å². The molecule has 1 unspecified atom stereocenters. The van der Waals surface area contributed by atoms with Crippen LogP contribution in [0.5, 0.6) is 5.75 Å². The highest BCUT2D eigenvalue weighted by Gasteiger charge is 2.24. The van der Waals surface area contributed by atoms with Gasteiger partial charge in [-0.1, -0.05) is 24.3 Å². The number of aromatic amines is 1. The highest BCUT2D eigenvalue weighted by molar-refractivity contribution is 7.89. The van der Waals surface area contributed by atoms with Crippen molar-refractivity contribution in [2.75, 3.05) is 26.0 Å². The zero-order valence-electron chi connectivity index (χ0n) is 23.1. The van der Waals surface area contributed by atoms with Gasteiger partial charge in [0.25, 0.3) is 0 Å². The van der Waals surface area contributed by atoms with E-state index in [4.69, 9.17) is 24.5 Å². The highest BCUT2D eigenvalue weighted by Crippen LogP contribution is 2.28. The van der Waals surface area contributed by atoms with Crippen molar-refractivity contribution in [2.24, 2.45) is 0 Å². The number of quaternary nitrogens is 1. The summed E-state index contributed by atoms with van der Waals surface area (Å²) in [7, 11) is -3.83. The van der Waals surface area contributed by atoms with E-state index in [9.17, 15) is 33.0 Å². The van der Waals surface area contributed by atoms with Crippen LogP contribution >= 0.6 is 0 Å². The Morgan fingerprint density at radius 2 is 1.73 bits per heavy atom. The average molecular weight is 632 g/mol. The zero-order chi connectivity index (χ0) is 32.2. The minimum Gasteiger partial charge on any atom is -0.547 e. The molecule has 234 valence electrons. The number of hydrogen-bond donors (Lipinski definition) is 6. The summed E-state index contributed by atoms with van der Waals surface area (Å²) >= 11 is 0. The molecule has 5 rings (SSSR count). The number of nitrogens with two attached hydrogens (primary N) is 1. The molecule has 7 N–H and O–H groups in total. The normalized spacial score (nSPS) is 13.7.